The monoisotopic (exact) mass is 170 g/mol. The van der Waals surface area contributed by atoms with Crippen molar-refractivity contribution < 1.29 is 9.90 Å². The molecule has 0 saturated heterocycles. The number of aromatic nitrogens is 2. The minimum atomic E-state index is -1.08. The van der Waals surface area contributed by atoms with Gasteiger partial charge < -0.3 is 16.3 Å². The summed E-state index contributed by atoms with van der Waals surface area (Å²) in [5.41, 5.74) is 0.623. The third kappa shape index (κ3) is 1.66. The fourth-order valence-corrected chi connectivity index (χ4v) is 0.909. The van der Waals surface area contributed by atoms with Crippen molar-refractivity contribution in [3.8, 4) is 0 Å². The highest BCUT2D eigenvalue weighted by molar-refractivity contribution is 5.64. The van der Waals surface area contributed by atoms with Crippen molar-refractivity contribution in [3.05, 3.63) is 18.2 Å². The number of nitrogens with one attached hydrogen (secondary N) is 1. The molecule has 0 bridgehead atoms. The zero-order valence-corrected chi connectivity index (χ0v) is 6.56. The Balaban J connectivity index is 2.71. The molecule has 0 aliphatic heterocycles. The van der Waals surface area contributed by atoms with Crippen LogP contribution in [0.2, 0.25) is 0 Å². The van der Waals surface area contributed by atoms with E-state index in [1.165, 1.54) is 17.2 Å². The van der Waals surface area contributed by atoms with E-state index in [0.29, 0.717) is 5.69 Å². The Morgan fingerprint density at radius 2 is 2.58 bits per heavy atom. The Bertz CT molecular complexity index is 283. The Morgan fingerprint density at radius 1 is 1.92 bits per heavy atom. The first-order chi connectivity index (χ1) is 5.61. The molecule has 1 aromatic heterocycles. The van der Waals surface area contributed by atoms with Crippen LogP contribution in [0.4, 0.5) is 4.79 Å². The molecule has 66 valence electrons. The van der Waals surface area contributed by atoms with Gasteiger partial charge in [0.1, 0.15) is 6.33 Å². The summed E-state index contributed by atoms with van der Waals surface area (Å²) < 4.78 is 1.28. The molecular weight excluding hydrogens is 160 g/mol. The minimum absolute atomic E-state index is 0.352. The Labute approximate surface area is 69.0 Å². The van der Waals surface area contributed by atoms with Crippen LogP contribution < -0.4 is 11.2 Å². The van der Waals surface area contributed by atoms with E-state index in [1.54, 1.807) is 6.92 Å². The van der Waals surface area contributed by atoms with Crippen LogP contribution in [-0.2, 0) is 0 Å². The van der Waals surface area contributed by atoms with Crippen LogP contribution in [0.25, 0.3) is 0 Å². The number of hydrogen-bond donors (Lipinski definition) is 3. The number of hydrogen-bond acceptors (Lipinski definition) is 3. The quantitative estimate of drug-likeness (QED) is 0.541. The van der Waals surface area contributed by atoms with Gasteiger partial charge in [0.05, 0.1) is 17.9 Å². The summed E-state index contributed by atoms with van der Waals surface area (Å²) in [5.74, 6) is 5.44. The van der Waals surface area contributed by atoms with Crippen LogP contribution in [0.3, 0.4) is 0 Å². The van der Waals surface area contributed by atoms with Gasteiger partial charge in [-0.25, -0.2) is 9.78 Å². The maximum atomic E-state index is 10.2. The minimum Gasteiger partial charge on any atom is -0.465 e. The molecule has 0 saturated carbocycles. The highest BCUT2D eigenvalue weighted by atomic mass is 16.4. The van der Waals surface area contributed by atoms with E-state index in [2.05, 4.69) is 10.3 Å². The molecule has 0 aromatic carbocycles. The second-order valence-corrected chi connectivity index (χ2v) is 2.40. The summed E-state index contributed by atoms with van der Waals surface area (Å²) in [4.78, 5) is 14.0. The summed E-state index contributed by atoms with van der Waals surface area (Å²) >= 11 is 0. The second kappa shape index (κ2) is 3.12. The van der Waals surface area contributed by atoms with Gasteiger partial charge in [-0.05, 0) is 6.92 Å². The molecule has 4 N–H and O–H groups in total. The molecule has 6 heteroatoms. The van der Waals surface area contributed by atoms with Crippen LogP contribution >= 0.6 is 0 Å². The van der Waals surface area contributed by atoms with E-state index < -0.39 is 6.09 Å². The highest BCUT2D eigenvalue weighted by Crippen LogP contribution is 2.07. The fraction of sp³-hybridized carbons (Fsp3) is 0.333. The lowest BCUT2D eigenvalue weighted by molar-refractivity contribution is 0.190. The maximum Gasteiger partial charge on any atom is 0.405 e. The smallest absolute Gasteiger partial charge is 0.405 e. The summed E-state index contributed by atoms with van der Waals surface area (Å²) in [6, 6.07) is -0.352. The fourth-order valence-electron chi connectivity index (χ4n) is 0.909. The lowest BCUT2D eigenvalue weighted by Gasteiger charge is -2.10. The molecule has 6 nitrogen and oxygen atoms in total. The largest absolute Gasteiger partial charge is 0.465 e. The van der Waals surface area contributed by atoms with E-state index in [-0.39, 0.29) is 6.04 Å². The zero-order valence-electron chi connectivity index (χ0n) is 6.56. The van der Waals surface area contributed by atoms with Gasteiger partial charge in [0, 0.05) is 0 Å². The number of carbonyl (C=O) groups is 1. The van der Waals surface area contributed by atoms with Crippen molar-refractivity contribution >= 4 is 6.09 Å². The van der Waals surface area contributed by atoms with Crippen molar-refractivity contribution in [1.29, 1.82) is 0 Å². The van der Waals surface area contributed by atoms with Crippen LogP contribution in [0.5, 0.6) is 0 Å². The van der Waals surface area contributed by atoms with Gasteiger partial charge in [0.15, 0.2) is 0 Å². The predicted octanol–water partition coefficient (Wildman–Crippen LogP) is -0.0745. The number of nitrogens with two attached hydrogens (primary N) is 1. The van der Waals surface area contributed by atoms with E-state index in [4.69, 9.17) is 10.9 Å². The predicted molar refractivity (Wildman–Crippen MR) is 42.0 cm³/mol. The van der Waals surface area contributed by atoms with Gasteiger partial charge in [-0.2, -0.15) is 0 Å². The van der Waals surface area contributed by atoms with Gasteiger partial charge in [0.25, 0.3) is 0 Å². The summed E-state index contributed by atoms with van der Waals surface area (Å²) in [6.45, 7) is 1.69. The molecule has 1 rings (SSSR count). The molecule has 0 radical (unpaired) electrons. The molecule has 1 amide bonds. The normalized spacial score (nSPS) is 12.4. The van der Waals surface area contributed by atoms with Crippen molar-refractivity contribution in [3.63, 3.8) is 0 Å². The van der Waals surface area contributed by atoms with Gasteiger partial charge in [-0.3, -0.25) is 4.68 Å². The van der Waals surface area contributed by atoms with Crippen LogP contribution in [0, 0.1) is 0 Å². The molecule has 0 aliphatic carbocycles. The Kier molecular flexibility index (Phi) is 2.18. The summed E-state index contributed by atoms with van der Waals surface area (Å²) in [7, 11) is 0. The first kappa shape index (κ1) is 8.38. The molecule has 0 fully saturated rings. The molecule has 1 aromatic rings. The number of carboxylic acid groups (broad SMARTS) is 1. The molecule has 12 heavy (non-hydrogen) atoms. The average molecular weight is 170 g/mol. The second-order valence-electron chi connectivity index (χ2n) is 2.40. The Hall–Kier alpha value is -1.72. The molecule has 1 atom stereocenters. The van der Waals surface area contributed by atoms with Crippen molar-refractivity contribution in [2.24, 2.45) is 0 Å². The van der Waals surface area contributed by atoms with Crippen LogP contribution in [0.1, 0.15) is 18.7 Å². The van der Waals surface area contributed by atoms with Crippen molar-refractivity contribution in [1.82, 2.24) is 15.0 Å². The third-order valence-corrected chi connectivity index (χ3v) is 1.48. The first-order valence-electron chi connectivity index (χ1n) is 3.38. The molecule has 0 aliphatic rings. The highest BCUT2D eigenvalue weighted by Gasteiger charge is 2.11. The van der Waals surface area contributed by atoms with Gasteiger partial charge in [-0.1, -0.05) is 0 Å². The number of rotatable bonds is 2. The van der Waals surface area contributed by atoms with E-state index in [0.717, 1.165) is 0 Å². The Morgan fingerprint density at radius 3 is 3.00 bits per heavy atom. The molecular formula is C6H10N4O2. The average Bonchev–Trinajstić information content (AvgIpc) is 2.33. The lowest BCUT2D eigenvalue weighted by Crippen LogP contribution is -2.27. The van der Waals surface area contributed by atoms with Gasteiger partial charge in [0.2, 0.25) is 0 Å². The van der Waals surface area contributed by atoms with E-state index in [9.17, 15) is 4.79 Å². The van der Waals surface area contributed by atoms with E-state index >= 15 is 0 Å². The molecule has 1 heterocycles. The first-order valence-corrected chi connectivity index (χ1v) is 3.38. The third-order valence-electron chi connectivity index (χ3n) is 1.48. The maximum absolute atomic E-state index is 10.2. The number of amides is 1. The SMILES string of the molecule is CC(NC(=O)O)c1cncn1N. The topological polar surface area (TPSA) is 93.2 Å². The summed E-state index contributed by atoms with van der Waals surface area (Å²) in [5, 5.41) is 10.7. The van der Waals surface area contributed by atoms with Gasteiger partial charge >= 0.3 is 6.09 Å². The summed E-state index contributed by atoms with van der Waals surface area (Å²) in [6.07, 6.45) is 1.85. The number of imidazole rings is 1. The zero-order chi connectivity index (χ0) is 9.14. The molecule has 0 spiro atoms. The van der Waals surface area contributed by atoms with Crippen LogP contribution in [-0.4, -0.2) is 20.9 Å². The van der Waals surface area contributed by atoms with Crippen molar-refractivity contribution in [2.45, 2.75) is 13.0 Å². The van der Waals surface area contributed by atoms with Crippen molar-refractivity contribution in [2.75, 3.05) is 5.84 Å². The lowest BCUT2D eigenvalue weighted by atomic mass is 10.2. The standard InChI is InChI=1S/C6H10N4O2/c1-4(9-6(11)12)5-2-8-3-10(5)7/h2-4,9H,7H2,1H3,(H,11,12). The van der Waals surface area contributed by atoms with E-state index in [1.807, 2.05) is 0 Å². The number of nitrogen functional groups attached to an aromatic ring is 1. The number of nitrogens with zero attached hydrogens (tertiary/aromatic N) is 2. The van der Waals surface area contributed by atoms with Crippen LogP contribution in [0.15, 0.2) is 12.5 Å². The molecule has 1 unspecified atom stereocenters. The van der Waals surface area contributed by atoms with Gasteiger partial charge in [-0.15, -0.1) is 0 Å².